The van der Waals surface area contributed by atoms with E-state index >= 15 is 0 Å². The van der Waals surface area contributed by atoms with Crippen LogP contribution in [-0.2, 0) is 6.54 Å². The predicted octanol–water partition coefficient (Wildman–Crippen LogP) is 4.11. The minimum Gasteiger partial charge on any atom is -0.302 e. The van der Waals surface area contributed by atoms with Gasteiger partial charge in [0.2, 0.25) is 0 Å². The van der Waals surface area contributed by atoms with Crippen LogP contribution in [0.1, 0.15) is 18.1 Å². The Balaban J connectivity index is 2.30. The highest BCUT2D eigenvalue weighted by atomic mass is 15.1. The summed E-state index contributed by atoms with van der Waals surface area (Å²) in [5.74, 6) is 0. The molecular formula is C17H21N. The Bertz CT molecular complexity index is 517. The number of benzene rings is 2. The fraction of sp³-hybridized carbons (Fsp3) is 0.294. The van der Waals surface area contributed by atoms with Gasteiger partial charge in [0.05, 0.1) is 0 Å². The number of hydrogen-bond acceptors (Lipinski definition) is 1. The summed E-state index contributed by atoms with van der Waals surface area (Å²) in [6, 6.07) is 17.4. The maximum absolute atomic E-state index is 2.32. The quantitative estimate of drug-likeness (QED) is 0.776. The number of hydrogen-bond donors (Lipinski definition) is 0. The normalized spacial score (nSPS) is 10.9. The van der Waals surface area contributed by atoms with Crippen LogP contribution in [0.4, 0.5) is 0 Å². The Labute approximate surface area is 110 Å². The molecule has 1 nitrogen and oxygen atoms in total. The van der Waals surface area contributed by atoms with E-state index < -0.39 is 0 Å². The molecule has 0 atom stereocenters. The van der Waals surface area contributed by atoms with Crippen LogP contribution in [0.2, 0.25) is 0 Å². The molecule has 0 spiro atoms. The highest BCUT2D eigenvalue weighted by Crippen LogP contribution is 2.24. The van der Waals surface area contributed by atoms with Gasteiger partial charge in [0.1, 0.15) is 0 Å². The molecule has 0 aliphatic carbocycles. The van der Waals surface area contributed by atoms with Crippen molar-refractivity contribution in [1.29, 1.82) is 0 Å². The van der Waals surface area contributed by atoms with E-state index in [0.29, 0.717) is 0 Å². The Hall–Kier alpha value is -1.60. The third-order valence-electron chi connectivity index (χ3n) is 3.38. The second-order valence-electron chi connectivity index (χ2n) is 4.85. The number of aryl methyl sites for hydroxylation is 1. The average Bonchev–Trinajstić information content (AvgIpc) is 2.39. The Morgan fingerprint density at radius 1 is 1.00 bits per heavy atom. The first-order valence-electron chi connectivity index (χ1n) is 6.54. The van der Waals surface area contributed by atoms with Gasteiger partial charge in [-0.1, -0.05) is 49.4 Å². The van der Waals surface area contributed by atoms with Crippen molar-refractivity contribution in [1.82, 2.24) is 4.90 Å². The molecule has 94 valence electrons. The maximum atomic E-state index is 2.32. The fourth-order valence-corrected chi connectivity index (χ4v) is 2.16. The first-order valence-corrected chi connectivity index (χ1v) is 6.54. The Kier molecular flexibility index (Phi) is 4.16. The van der Waals surface area contributed by atoms with E-state index in [1.54, 1.807) is 0 Å². The second kappa shape index (κ2) is 5.83. The third-order valence-corrected chi connectivity index (χ3v) is 3.38. The van der Waals surface area contributed by atoms with E-state index in [-0.39, 0.29) is 0 Å². The molecule has 1 heteroatoms. The van der Waals surface area contributed by atoms with Crippen molar-refractivity contribution in [3.63, 3.8) is 0 Å². The lowest BCUT2D eigenvalue weighted by atomic mass is 9.99. The van der Waals surface area contributed by atoms with Gasteiger partial charge in [-0.25, -0.2) is 0 Å². The molecule has 0 aromatic heterocycles. The number of rotatable bonds is 4. The lowest BCUT2D eigenvalue weighted by Gasteiger charge is -2.15. The van der Waals surface area contributed by atoms with E-state index in [4.69, 9.17) is 0 Å². The Morgan fingerprint density at radius 3 is 2.50 bits per heavy atom. The maximum Gasteiger partial charge on any atom is 0.0230 e. The van der Waals surface area contributed by atoms with Gasteiger partial charge in [0.25, 0.3) is 0 Å². The molecule has 0 radical (unpaired) electrons. The van der Waals surface area contributed by atoms with Crippen LogP contribution in [0.15, 0.2) is 48.5 Å². The first kappa shape index (κ1) is 12.8. The average molecular weight is 239 g/mol. The molecule has 0 saturated heterocycles. The van der Waals surface area contributed by atoms with Gasteiger partial charge < -0.3 is 4.90 Å². The van der Waals surface area contributed by atoms with Crippen LogP contribution in [-0.4, -0.2) is 18.5 Å². The summed E-state index contributed by atoms with van der Waals surface area (Å²) >= 11 is 0. The predicted molar refractivity (Wildman–Crippen MR) is 78.6 cm³/mol. The summed E-state index contributed by atoms with van der Waals surface area (Å²) in [7, 11) is 2.15. The summed E-state index contributed by atoms with van der Waals surface area (Å²) in [5, 5.41) is 0. The largest absolute Gasteiger partial charge is 0.302 e. The second-order valence-corrected chi connectivity index (χ2v) is 4.85. The summed E-state index contributed by atoms with van der Waals surface area (Å²) in [4.78, 5) is 2.32. The summed E-state index contributed by atoms with van der Waals surface area (Å²) in [6.07, 6.45) is 0. The molecule has 0 amide bonds. The first-order chi connectivity index (χ1) is 8.70. The lowest BCUT2D eigenvalue weighted by molar-refractivity contribution is 0.346. The summed E-state index contributed by atoms with van der Waals surface area (Å²) in [5.41, 5.74) is 5.35. The molecule has 0 fully saturated rings. The van der Waals surface area contributed by atoms with Crippen molar-refractivity contribution in [2.45, 2.75) is 20.4 Å². The van der Waals surface area contributed by atoms with E-state index in [1.165, 1.54) is 22.3 Å². The molecule has 2 aromatic carbocycles. The molecule has 0 N–H and O–H groups in total. The molecular weight excluding hydrogens is 218 g/mol. The van der Waals surface area contributed by atoms with Crippen LogP contribution in [0.3, 0.4) is 0 Å². The molecule has 0 aliphatic rings. The highest BCUT2D eigenvalue weighted by molar-refractivity contribution is 5.67. The van der Waals surface area contributed by atoms with Crippen molar-refractivity contribution < 1.29 is 0 Å². The monoisotopic (exact) mass is 239 g/mol. The van der Waals surface area contributed by atoms with Crippen LogP contribution in [0, 0.1) is 6.92 Å². The van der Waals surface area contributed by atoms with Gasteiger partial charge in [-0.3, -0.25) is 0 Å². The fourth-order valence-electron chi connectivity index (χ4n) is 2.16. The van der Waals surface area contributed by atoms with Crippen molar-refractivity contribution >= 4 is 0 Å². The van der Waals surface area contributed by atoms with Crippen LogP contribution >= 0.6 is 0 Å². The molecule has 2 rings (SSSR count). The molecule has 2 aromatic rings. The van der Waals surface area contributed by atoms with Gasteiger partial charge in [-0.05, 0) is 48.8 Å². The van der Waals surface area contributed by atoms with Crippen molar-refractivity contribution in [2.24, 2.45) is 0 Å². The van der Waals surface area contributed by atoms with Crippen LogP contribution in [0.25, 0.3) is 11.1 Å². The SMILES string of the molecule is CCN(C)Cc1cccc(-c2ccccc2C)c1. The zero-order valence-corrected chi connectivity index (χ0v) is 11.5. The zero-order valence-electron chi connectivity index (χ0n) is 11.5. The van der Waals surface area contributed by atoms with Gasteiger partial charge in [-0.15, -0.1) is 0 Å². The zero-order chi connectivity index (χ0) is 13.0. The van der Waals surface area contributed by atoms with E-state index in [1.807, 2.05) is 0 Å². The summed E-state index contributed by atoms with van der Waals surface area (Å²) in [6.45, 7) is 6.44. The van der Waals surface area contributed by atoms with Gasteiger partial charge >= 0.3 is 0 Å². The van der Waals surface area contributed by atoms with E-state index in [0.717, 1.165) is 13.1 Å². The molecule has 0 bridgehead atoms. The van der Waals surface area contributed by atoms with Crippen molar-refractivity contribution in [2.75, 3.05) is 13.6 Å². The standard InChI is InChI=1S/C17H21N/c1-4-18(3)13-15-9-7-10-16(12-15)17-11-6-5-8-14(17)2/h5-12H,4,13H2,1-3H3. The highest BCUT2D eigenvalue weighted by Gasteiger charge is 2.03. The van der Waals surface area contributed by atoms with Gasteiger partial charge in [0.15, 0.2) is 0 Å². The lowest BCUT2D eigenvalue weighted by Crippen LogP contribution is -2.16. The third kappa shape index (κ3) is 2.99. The molecule has 0 unspecified atom stereocenters. The number of nitrogens with zero attached hydrogens (tertiary/aromatic N) is 1. The molecule has 0 heterocycles. The van der Waals surface area contributed by atoms with Crippen molar-refractivity contribution in [3.8, 4) is 11.1 Å². The van der Waals surface area contributed by atoms with E-state index in [9.17, 15) is 0 Å². The summed E-state index contributed by atoms with van der Waals surface area (Å²) < 4.78 is 0. The van der Waals surface area contributed by atoms with Crippen molar-refractivity contribution in [3.05, 3.63) is 59.7 Å². The molecule has 0 aliphatic heterocycles. The minimum atomic E-state index is 1.01. The van der Waals surface area contributed by atoms with Crippen LogP contribution < -0.4 is 0 Å². The topological polar surface area (TPSA) is 3.24 Å². The molecule has 18 heavy (non-hydrogen) atoms. The minimum absolute atomic E-state index is 1.01. The van der Waals surface area contributed by atoms with E-state index in [2.05, 4.69) is 74.3 Å². The van der Waals surface area contributed by atoms with Gasteiger partial charge in [-0.2, -0.15) is 0 Å². The van der Waals surface area contributed by atoms with Crippen LogP contribution in [0.5, 0.6) is 0 Å². The Morgan fingerprint density at radius 2 is 1.78 bits per heavy atom. The smallest absolute Gasteiger partial charge is 0.0230 e. The van der Waals surface area contributed by atoms with Gasteiger partial charge in [0, 0.05) is 6.54 Å². The molecule has 0 saturated carbocycles.